The van der Waals surface area contributed by atoms with Crippen LogP contribution in [0.2, 0.25) is 0 Å². The molecule has 1 heterocycles. The molecule has 0 radical (unpaired) electrons. The Labute approximate surface area is 172 Å². The molecule has 1 aromatic heterocycles. The largest absolute Gasteiger partial charge is 0.361 e. The SMILES string of the molecule is CC(=O)N(CCNC(=O)Cc1c[nH]c2ccccc12)c1ccc(C(C)(C)C)cc1. The number of benzene rings is 2. The van der Waals surface area contributed by atoms with Gasteiger partial charge in [-0.2, -0.15) is 0 Å². The molecule has 3 aromatic rings. The zero-order valence-electron chi connectivity index (χ0n) is 17.6. The number of carbonyl (C=O) groups excluding carboxylic acids is 2. The summed E-state index contributed by atoms with van der Waals surface area (Å²) >= 11 is 0. The van der Waals surface area contributed by atoms with E-state index in [1.54, 1.807) is 11.8 Å². The van der Waals surface area contributed by atoms with Gasteiger partial charge in [0, 0.05) is 42.8 Å². The van der Waals surface area contributed by atoms with Crippen LogP contribution < -0.4 is 10.2 Å². The van der Waals surface area contributed by atoms with Gasteiger partial charge in [-0.1, -0.05) is 51.1 Å². The Balaban J connectivity index is 1.58. The highest BCUT2D eigenvalue weighted by atomic mass is 16.2. The molecule has 5 nitrogen and oxygen atoms in total. The Bertz CT molecular complexity index is 997. The van der Waals surface area contributed by atoms with Crippen LogP contribution in [0.1, 0.15) is 38.8 Å². The second kappa shape index (κ2) is 8.52. The van der Waals surface area contributed by atoms with Crippen molar-refractivity contribution >= 4 is 28.4 Å². The monoisotopic (exact) mass is 391 g/mol. The quantitative estimate of drug-likeness (QED) is 0.662. The van der Waals surface area contributed by atoms with E-state index in [0.717, 1.165) is 22.2 Å². The predicted octanol–water partition coefficient (Wildman–Crippen LogP) is 4.18. The molecular formula is C24H29N3O2. The molecule has 5 heteroatoms. The predicted molar refractivity (Wildman–Crippen MR) is 118 cm³/mol. The highest BCUT2D eigenvalue weighted by Crippen LogP contribution is 2.25. The number of aromatic nitrogens is 1. The van der Waals surface area contributed by atoms with Gasteiger partial charge in [0.05, 0.1) is 6.42 Å². The van der Waals surface area contributed by atoms with Gasteiger partial charge >= 0.3 is 0 Å². The van der Waals surface area contributed by atoms with E-state index in [4.69, 9.17) is 0 Å². The van der Waals surface area contributed by atoms with Gasteiger partial charge in [-0.25, -0.2) is 0 Å². The Morgan fingerprint density at radius 3 is 2.38 bits per heavy atom. The molecule has 0 unspecified atom stereocenters. The molecule has 0 saturated heterocycles. The summed E-state index contributed by atoms with van der Waals surface area (Å²) < 4.78 is 0. The minimum absolute atomic E-state index is 0.0422. The number of H-pyrrole nitrogens is 1. The van der Waals surface area contributed by atoms with Gasteiger partial charge in [-0.3, -0.25) is 9.59 Å². The lowest BCUT2D eigenvalue weighted by Crippen LogP contribution is -2.38. The minimum Gasteiger partial charge on any atom is -0.361 e. The van der Waals surface area contributed by atoms with Gasteiger partial charge in [0.1, 0.15) is 0 Å². The Morgan fingerprint density at radius 1 is 1.03 bits per heavy atom. The minimum atomic E-state index is -0.0543. The number of nitrogens with zero attached hydrogens (tertiary/aromatic N) is 1. The molecule has 3 rings (SSSR count). The maximum Gasteiger partial charge on any atom is 0.224 e. The molecular weight excluding hydrogens is 362 g/mol. The molecule has 2 aromatic carbocycles. The zero-order valence-corrected chi connectivity index (χ0v) is 17.6. The lowest BCUT2D eigenvalue weighted by Gasteiger charge is -2.24. The summed E-state index contributed by atoms with van der Waals surface area (Å²) in [5.41, 5.74) is 4.12. The summed E-state index contributed by atoms with van der Waals surface area (Å²) in [6, 6.07) is 16.0. The van der Waals surface area contributed by atoms with Crippen LogP contribution >= 0.6 is 0 Å². The summed E-state index contributed by atoms with van der Waals surface area (Å²) in [6.45, 7) is 8.87. The van der Waals surface area contributed by atoms with Gasteiger partial charge in [0.2, 0.25) is 11.8 Å². The standard InChI is InChI=1S/C24H29N3O2/c1-17(28)27(20-11-9-19(10-12-20)24(2,3)4)14-13-25-23(29)15-18-16-26-22-8-6-5-7-21(18)22/h5-12,16,26H,13-15H2,1-4H3,(H,25,29). The summed E-state index contributed by atoms with van der Waals surface area (Å²) in [7, 11) is 0. The van der Waals surface area contributed by atoms with Crippen LogP contribution in [0.15, 0.2) is 54.7 Å². The first-order valence-corrected chi connectivity index (χ1v) is 9.96. The summed E-state index contributed by atoms with van der Waals surface area (Å²) in [5, 5.41) is 3.99. The van der Waals surface area contributed by atoms with E-state index in [2.05, 4.69) is 43.2 Å². The van der Waals surface area contributed by atoms with E-state index in [1.165, 1.54) is 5.56 Å². The van der Waals surface area contributed by atoms with Crippen LogP contribution in [0, 0.1) is 0 Å². The van der Waals surface area contributed by atoms with Crippen LogP contribution in [0.4, 0.5) is 5.69 Å². The van der Waals surface area contributed by atoms with Gasteiger partial charge in [-0.05, 0) is 34.7 Å². The van der Waals surface area contributed by atoms with Crippen LogP contribution in [0.5, 0.6) is 0 Å². The average molecular weight is 392 g/mol. The highest BCUT2D eigenvalue weighted by Gasteiger charge is 2.16. The fourth-order valence-electron chi connectivity index (χ4n) is 3.43. The number of amides is 2. The van der Waals surface area contributed by atoms with E-state index < -0.39 is 0 Å². The fraction of sp³-hybridized carbons (Fsp3) is 0.333. The molecule has 0 aliphatic rings. The van der Waals surface area contributed by atoms with Crippen LogP contribution in [0.25, 0.3) is 10.9 Å². The maximum atomic E-state index is 12.4. The fourth-order valence-corrected chi connectivity index (χ4v) is 3.43. The number of hydrogen-bond donors (Lipinski definition) is 2. The molecule has 0 bridgehead atoms. The molecule has 0 atom stereocenters. The summed E-state index contributed by atoms with van der Waals surface area (Å²) in [6.07, 6.45) is 2.19. The first-order valence-electron chi connectivity index (χ1n) is 9.96. The first kappa shape index (κ1) is 20.6. The second-order valence-electron chi connectivity index (χ2n) is 8.35. The molecule has 29 heavy (non-hydrogen) atoms. The number of aromatic amines is 1. The molecule has 152 valence electrons. The zero-order chi connectivity index (χ0) is 21.0. The third kappa shape index (κ3) is 5.05. The van der Waals surface area contributed by atoms with E-state index >= 15 is 0 Å². The Morgan fingerprint density at radius 2 is 1.72 bits per heavy atom. The van der Waals surface area contributed by atoms with E-state index in [-0.39, 0.29) is 17.2 Å². The lowest BCUT2D eigenvalue weighted by molar-refractivity contribution is -0.121. The molecule has 0 fully saturated rings. The van der Waals surface area contributed by atoms with Crippen molar-refractivity contribution in [2.24, 2.45) is 0 Å². The van der Waals surface area contributed by atoms with E-state index in [9.17, 15) is 9.59 Å². The second-order valence-corrected chi connectivity index (χ2v) is 8.35. The van der Waals surface area contributed by atoms with Gasteiger partial charge in [0.15, 0.2) is 0 Å². The van der Waals surface area contributed by atoms with Crippen molar-refractivity contribution in [2.75, 3.05) is 18.0 Å². The molecule has 0 spiro atoms. The molecule has 0 aliphatic carbocycles. The van der Waals surface area contributed by atoms with Crippen molar-refractivity contribution in [2.45, 2.75) is 39.5 Å². The molecule has 0 aliphatic heterocycles. The number of hydrogen-bond acceptors (Lipinski definition) is 2. The number of para-hydroxylation sites is 1. The highest BCUT2D eigenvalue weighted by molar-refractivity contribution is 5.92. The number of nitrogens with one attached hydrogen (secondary N) is 2. The summed E-state index contributed by atoms with van der Waals surface area (Å²) in [5.74, 6) is -0.0966. The molecule has 2 N–H and O–H groups in total. The normalized spacial score (nSPS) is 11.4. The van der Waals surface area contributed by atoms with Crippen molar-refractivity contribution in [3.05, 3.63) is 65.9 Å². The van der Waals surface area contributed by atoms with Crippen molar-refractivity contribution in [3.63, 3.8) is 0 Å². The smallest absolute Gasteiger partial charge is 0.224 e. The first-order chi connectivity index (χ1) is 13.8. The lowest BCUT2D eigenvalue weighted by atomic mass is 9.87. The number of carbonyl (C=O) groups is 2. The van der Waals surface area contributed by atoms with E-state index in [0.29, 0.717) is 19.5 Å². The van der Waals surface area contributed by atoms with Crippen molar-refractivity contribution < 1.29 is 9.59 Å². The van der Waals surface area contributed by atoms with Crippen molar-refractivity contribution in [1.82, 2.24) is 10.3 Å². The van der Waals surface area contributed by atoms with Crippen LogP contribution in [-0.2, 0) is 21.4 Å². The third-order valence-corrected chi connectivity index (χ3v) is 5.11. The maximum absolute atomic E-state index is 12.4. The van der Waals surface area contributed by atoms with Crippen molar-refractivity contribution in [3.8, 4) is 0 Å². The number of rotatable bonds is 6. The van der Waals surface area contributed by atoms with Crippen LogP contribution in [-0.4, -0.2) is 29.9 Å². The van der Waals surface area contributed by atoms with Crippen LogP contribution in [0.3, 0.4) is 0 Å². The number of fused-ring (bicyclic) bond motifs is 1. The van der Waals surface area contributed by atoms with Gasteiger partial charge in [0.25, 0.3) is 0 Å². The topological polar surface area (TPSA) is 65.2 Å². The Hall–Kier alpha value is -3.08. The summed E-state index contributed by atoms with van der Waals surface area (Å²) in [4.78, 5) is 29.4. The van der Waals surface area contributed by atoms with Gasteiger partial charge in [-0.15, -0.1) is 0 Å². The molecule has 2 amide bonds. The average Bonchev–Trinajstić information content (AvgIpc) is 3.07. The van der Waals surface area contributed by atoms with E-state index in [1.807, 2.05) is 42.6 Å². The van der Waals surface area contributed by atoms with Crippen molar-refractivity contribution in [1.29, 1.82) is 0 Å². The van der Waals surface area contributed by atoms with Gasteiger partial charge < -0.3 is 15.2 Å². The Kier molecular flexibility index (Phi) is 6.06. The third-order valence-electron chi connectivity index (χ3n) is 5.11. The number of anilines is 1. The molecule has 0 saturated carbocycles.